The van der Waals surface area contributed by atoms with Crippen molar-refractivity contribution in [2.45, 2.75) is 6.61 Å². The summed E-state index contributed by atoms with van der Waals surface area (Å²) < 4.78 is 22.9. The van der Waals surface area contributed by atoms with Crippen LogP contribution in [-0.4, -0.2) is 13.9 Å². The highest BCUT2D eigenvalue weighted by Gasteiger charge is 2.22. The molecule has 6 nitrogen and oxygen atoms in total. The number of benzene rings is 2. The van der Waals surface area contributed by atoms with Crippen LogP contribution in [0, 0.1) is 0 Å². The number of hydrogen-bond acceptors (Lipinski definition) is 6. The maximum Gasteiger partial charge on any atom is 0.216 e. The fourth-order valence-electron chi connectivity index (χ4n) is 2.86. The molecule has 25 heavy (non-hydrogen) atoms. The zero-order valence-electron chi connectivity index (χ0n) is 13.3. The SMILES string of the molecule is COc1ccc2oc(-c3cc(Br)cc4c3OCOC4)c(N)c(=O)c2c1. The molecule has 3 aromatic rings. The second-order valence-corrected chi connectivity index (χ2v) is 6.50. The number of hydrogen-bond donors (Lipinski definition) is 1. The van der Waals surface area contributed by atoms with Gasteiger partial charge >= 0.3 is 0 Å². The monoisotopic (exact) mass is 403 g/mol. The third-order valence-corrected chi connectivity index (χ3v) is 4.51. The summed E-state index contributed by atoms with van der Waals surface area (Å²) >= 11 is 3.46. The number of rotatable bonds is 2. The Hall–Kier alpha value is -2.51. The fraction of sp³-hybridized carbons (Fsp3) is 0.167. The highest BCUT2D eigenvalue weighted by Crippen LogP contribution is 2.41. The van der Waals surface area contributed by atoms with Gasteiger partial charge in [0.25, 0.3) is 0 Å². The average Bonchev–Trinajstić information content (AvgIpc) is 2.63. The molecule has 1 aliphatic rings. The van der Waals surface area contributed by atoms with Gasteiger partial charge in [0.1, 0.15) is 22.8 Å². The molecule has 1 aliphatic heterocycles. The number of ether oxygens (including phenoxy) is 3. The van der Waals surface area contributed by atoms with Crippen molar-refractivity contribution in [3.63, 3.8) is 0 Å². The lowest BCUT2D eigenvalue weighted by Crippen LogP contribution is -2.14. The van der Waals surface area contributed by atoms with Crippen molar-refractivity contribution in [3.8, 4) is 22.8 Å². The lowest BCUT2D eigenvalue weighted by atomic mass is 10.0. The zero-order valence-corrected chi connectivity index (χ0v) is 14.9. The molecule has 0 saturated carbocycles. The minimum atomic E-state index is -0.309. The van der Waals surface area contributed by atoms with E-state index in [9.17, 15) is 4.79 Å². The molecule has 0 radical (unpaired) electrons. The Morgan fingerprint density at radius 3 is 2.88 bits per heavy atom. The van der Waals surface area contributed by atoms with Crippen molar-refractivity contribution in [2.24, 2.45) is 0 Å². The molecule has 2 N–H and O–H groups in total. The first-order valence-corrected chi connectivity index (χ1v) is 8.31. The largest absolute Gasteiger partial charge is 0.497 e. The number of anilines is 1. The third kappa shape index (κ3) is 2.65. The number of nitrogens with two attached hydrogens (primary N) is 1. The average molecular weight is 404 g/mol. The number of nitrogen functional groups attached to an aromatic ring is 1. The first-order chi connectivity index (χ1) is 12.1. The molecule has 4 rings (SSSR count). The summed E-state index contributed by atoms with van der Waals surface area (Å²) in [7, 11) is 1.54. The maximum atomic E-state index is 12.7. The Balaban J connectivity index is 2.01. The van der Waals surface area contributed by atoms with Crippen molar-refractivity contribution in [3.05, 3.63) is 50.6 Å². The van der Waals surface area contributed by atoms with E-state index in [0.717, 1.165) is 10.0 Å². The van der Waals surface area contributed by atoms with E-state index in [0.29, 0.717) is 34.6 Å². The van der Waals surface area contributed by atoms with Crippen LogP contribution in [0.5, 0.6) is 11.5 Å². The third-order valence-electron chi connectivity index (χ3n) is 4.05. The molecule has 0 aliphatic carbocycles. The Morgan fingerprint density at radius 1 is 1.24 bits per heavy atom. The molecular formula is C18H14BrNO5. The van der Waals surface area contributed by atoms with Crippen LogP contribution in [0.1, 0.15) is 5.56 Å². The summed E-state index contributed by atoms with van der Waals surface area (Å²) in [6.07, 6.45) is 0. The van der Waals surface area contributed by atoms with Crippen LogP contribution in [0.2, 0.25) is 0 Å². The standard InChI is InChI=1S/C18H14BrNO5/c1-22-11-2-3-14-12(6-11)16(21)15(20)18(25-14)13-5-10(19)4-9-7-23-8-24-17(9)13/h2-6H,7-8,20H2,1H3. The minimum Gasteiger partial charge on any atom is -0.497 e. The van der Waals surface area contributed by atoms with Crippen LogP contribution in [0.4, 0.5) is 5.69 Å². The predicted molar refractivity (Wildman–Crippen MR) is 96.9 cm³/mol. The maximum absolute atomic E-state index is 12.7. The van der Waals surface area contributed by atoms with E-state index in [1.165, 1.54) is 7.11 Å². The first kappa shape index (κ1) is 16.0. The Bertz CT molecular complexity index is 1040. The van der Waals surface area contributed by atoms with Gasteiger partial charge in [-0.1, -0.05) is 15.9 Å². The Kier molecular flexibility index (Phi) is 3.89. The summed E-state index contributed by atoms with van der Waals surface area (Å²) in [6, 6.07) is 8.74. The topological polar surface area (TPSA) is 83.9 Å². The molecule has 0 amide bonds. The second kappa shape index (κ2) is 6.09. The van der Waals surface area contributed by atoms with Gasteiger partial charge in [0.05, 0.1) is 24.7 Å². The van der Waals surface area contributed by atoms with Gasteiger partial charge in [-0.15, -0.1) is 0 Å². The van der Waals surface area contributed by atoms with E-state index in [4.69, 9.17) is 24.4 Å². The minimum absolute atomic E-state index is 0.0242. The van der Waals surface area contributed by atoms with E-state index in [1.807, 2.05) is 12.1 Å². The molecular weight excluding hydrogens is 390 g/mol. The molecule has 0 saturated heterocycles. The first-order valence-electron chi connectivity index (χ1n) is 7.52. The molecule has 2 heterocycles. The normalized spacial score (nSPS) is 13.4. The molecule has 2 aromatic carbocycles. The van der Waals surface area contributed by atoms with Crippen LogP contribution in [0.15, 0.2) is 44.0 Å². The van der Waals surface area contributed by atoms with E-state index >= 15 is 0 Å². The fourth-order valence-corrected chi connectivity index (χ4v) is 3.37. The number of fused-ring (bicyclic) bond motifs is 2. The summed E-state index contributed by atoms with van der Waals surface area (Å²) in [4.78, 5) is 12.7. The molecule has 0 spiro atoms. The highest BCUT2D eigenvalue weighted by atomic mass is 79.9. The lowest BCUT2D eigenvalue weighted by Gasteiger charge is -2.21. The van der Waals surface area contributed by atoms with Crippen molar-refractivity contribution in [1.82, 2.24) is 0 Å². The second-order valence-electron chi connectivity index (χ2n) is 5.59. The smallest absolute Gasteiger partial charge is 0.216 e. The lowest BCUT2D eigenvalue weighted by molar-refractivity contribution is -0.0160. The highest BCUT2D eigenvalue weighted by molar-refractivity contribution is 9.10. The van der Waals surface area contributed by atoms with Gasteiger partial charge in [0, 0.05) is 10.0 Å². The molecule has 128 valence electrons. The van der Waals surface area contributed by atoms with Crippen LogP contribution < -0.4 is 20.6 Å². The predicted octanol–water partition coefficient (Wildman–Crippen LogP) is 3.68. The van der Waals surface area contributed by atoms with Gasteiger partial charge < -0.3 is 24.4 Å². The molecule has 7 heteroatoms. The quantitative estimate of drug-likeness (QED) is 0.702. The van der Waals surface area contributed by atoms with Crippen molar-refractivity contribution in [1.29, 1.82) is 0 Å². The van der Waals surface area contributed by atoms with Crippen molar-refractivity contribution in [2.75, 3.05) is 19.6 Å². The summed E-state index contributed by atoms with van der Waals surface area (Å²) in [6.45, 7) is 0.549. The van der Waals surface area contributed by atoms with E-state index in [1.54, 1.807) is 18.2 Å². The molecule has 1 aromatic heterocycles. The molecule has 0 fully saturated rings. The van der Waals surface area contributed by atoms with Crippen LogP contribution in [0.25, 0.3) is 22.3 Å². The van der Waals surface area contributed by atoms with Crippen LogP contribution in [0.3, 0.4) is 0 Å². The Morgan fingerprint density at radius 2 is 2.08 bits per heavy atom. The van der Waals surface area contributed by atoms with Gasteiger partial charge in [-0.05, 0) is 30.3 Å². The van der Waals surface area contributed by atoms with Crippen LogP contribution in [-0.2, 0) is 11.3 Å². The van der Waals surface area contributed by atoms with Gasteiger partial charge in [0.2, 0.25) is 5.43 Å². The number of halogens is 1. The van der Waals surface area contributed by atoms with Gasteiger partial charge in [-0.25, -0.2) is 0 Å². The van der Waals surface area contributed by atoms with Crippen LogP contribution >= 0.6 is 15.9 Å². The Labute approximate surface area is 151 Å². The number of methoxy groups -OCH3 is 1. The molecule has 0 bridgehead atoms. The summed E-state index contributed by atoms with van der Waals surface area (Å²) in [5.74, 6) is 1.45. The summed E-state index contributed by atoms with van der Waals surface area (Å²) in [5.41, 5.74) is 7.71. The van der Waals surface area contributed by atoms with Crippen molar-refractivity contribution < 1.29 is 18.6 Å². The zero-order chi connectivity index (χ0) is 17.6. The van der Waals surface area contributed by atoms with E-state index < -0.39 is 0 Å². The summed E-state index contributed by atoms with van der Waals surface area (Å²) in [5, 5.41) is 0.369. The van der Waals surface area contributed by atoms with Gasteiger partial charge in [-0.2, -0.15) is 0 Å². The molecule has 0 atom stereocenters. The van der Waals surface area contributed by atoms with E-state index in [-0.39, 0.29) is 23.7 Å². The van der Waals surface area contributed by atoms with Gasteiger partial charge in [-0.3, -0.25) is 4.79 Å². The van der Waals surface area contributed by atoms with E-state index in [2.05, 4.69) is 15.9 Å². The van der Waals surface area contributed by atoms with Gasteiger partial charge in [0.15, 0.2) is 12.6 Å². The van der Waals surface area contributed by atoms with Crippen molar-refractivity contribution >= 4 is 32.6 Å². The molecule has 0 unspecified atom stereocenters.